The van der Waals surface area contributed by atoms with Gasteiger partial charge in [-0.15, -0.1) is 0 Å². The fraction of sp³-hybridized carbons (Fsp3) is 0.412. The molecule has 1 aliphatic heterocycles. The second kappa shape index (κ2) is 7.78. The third-order valence-corrected chi connectivity index (χ3v) is 3.79. The van der Waals surface area contributed by atoms with Crippen LogP contribution in [0.3, 0.4) is 0 Å². The van der Waals surface area contributed by atoms with E-state index in [1.807, 2.05) is 13.8 Å². The van der Waals surface area contributed by atoms with Gasteiger partial charge in [0.15, 0.2) is 6.04 Å². The van der Waals surface area contributed by atoms with Crippen LogP contribution in [-0.4, -0.2) is 45.9 Å². The van der Waals surface area contributed by atoms with Gasteiger partial charge in [-0.1, -0.05) is 32.0 Å². The van der Waals surface area contributed by atoms with Gasteiger partial charge in [-0.25, -0.2) is 9.59 Å². The van der Waals surface area contributed by atoms with Gasteiger partial charge >= 0.3 is 11.9 Å². The van der Waals surface area contributed by atoms with E-state index in [1.54, 1.807) is 30.3 Å². The zero-order valence-corrected chi connectivity index (χ0v) is 14.0. The molecule has 0 aliphatic carbocycles. The number of nitrogens with zero attached hydrogens (tertiary/aromatic N) is 2. The zero-order valence-electron chi connectivity index (χ0n) is 14.0. The van der Waals surface area contributed by atoms with Gasteiger partial charge in [-0.05, 0) is 24.5 Å². The maximum absolute atomic E-state index is 12.4. The number of carbonyl (C=O) groups excluding carboxylic acids is 1. The van der Waals surface area contributed by atoms with E-state index < -0.39 is 29.9 Å². The van der Waals surface area contributed by atoms with Crippen LogP contribution in [0.4, 0.5) is 5.69 Å². The molecule has 0 radical (unpaired) electrons. The highest BCUT2D eigenvalue weighted by Gasteiger charge is 2.37. The molecule has 2 atom stereocenters. The van der Waals surface area contributed by atoms with Gasteiger partial charge < -0.3 is 15.5 Å². The Hall–Kier alpha value is -2.90. The van der Waals surface area contributed by atoms with E-state index in [4.69, 9.17) is 0 Å². The van der Waals surface area contributed by atoms with Crippen molar-refractivity contribution in [3.63, 3.8) is 0 Å². The Kier molecular flexibility index (Phi) is 5.74. The number of hydrogen-bond acceptors (Lipinski definition) is 5. The van der Waals surface area contributed by atoms with Gasteiger partial charge in [0.1, 0.15) is 11.8 Å². The van der Waals surface area contributed by atoms with Crippen LogP contribution in [0.25, 0.3) is 0 Å². The van der Waals surface area contributed by atoms with E-state index in [0.717, 1.165) is 0 Å². The van der Waals surface area contributed by atoms with E-state index in [2.05, 4.69) is 10.4 Å². The Balaban J connectivity index is 2.19. The summed E-state index contributed by atoms with van der Waals surface area (Å²) in [5.41, 5.74) is 0.556. The number of nitrogens with one attached hydrogen (secondary N) is 1. The Labute approximate surface area is 145 Å². The molecule has 0 bridgehead atoms. The van der Waals surface area contributed by atoms with Crippen molar-refractivity contribution < 1.29 is 24.6 Å². The van der Waals surface area contributed by atoms with E-state index in [1.165, 1.54) is 5.01 Å². The normalized spacial score (nSPS) is 18.0. The van der Waals surface area contributed by atoms with Gasteiger partial charge in [0.2, 0.25) is 0 Å². The molecule has 1 heterocycles. The number of hydrogen-bond donors (Lipinski definition) is 3. The molecule has 0 aromatic heterocycles. The van der Waals surface area contributed by atoms with Gasteiger partial charge in [-0.3, -0.25) is 9.80 Å². The molecule has 0 fully saturated rings. The molecule has 1 aliphatic rings. The SMILES string of the molecule is CC(C)CC(NC(=O)C1=NN(c2ccccc2)C(C(=O)O)C1)C(=O)O. The maximum atomic E-state index is 12.4. The number of rotatable bonds is 7. The van der Waals surface area contributed by atoms with Crippen molar-refractivity contribution in [2.75, 3.05) is 5.01 Å². The zero-order chi connectivity index (χ0) is 18.6. The summed E-state index contributed by atoms with van der Waals surface area (Å²) in [6, 6.07) is 6.62. The average Bonchev–Trinajstić information content (AvgIpc) is 3.00. The number of amides is 1. The van der Waals surface area contributed by atoms with Crippen molar-refractivity contribution >= 4 is 29.2 Å². The lowest BCUT2D eigenvalue weighted by Gasteiger charge is -2.19. The van der Waals surface area contributed by atoms with Crippen LogP contribution in [-0.2, 0) is 14.4 Å². The summed E-state index contributed by atoms with van der Waals surface area (Å²) in [5, 5.41) is 26.4. The quantitative estimate of drug-likeness (QED) is 0.684. The van der Waals surface area contributed by atoms with E-state index >= 15 is 0 Å². The minimum absolute atomic E-state index is 0.00580. The summed E-state index contributed by atoms with van der Waals surface area (Å²) < 4.78 is 0. The highest BCUT2D eigenvalue weighted by atomic mass is 16.4. The molecule has 8 heteroatoms. The molecule has 2 rings (SSSR count). The Morgan fingerprint density at radius 2 is 1.88 bits per heavy atom. The summed E-state index contributed by atoms with van der Waals surface area (Å²) in [6.07, 6.45) is 0.184. The number of carboxylic acid groups (broad SMARTS) is 2. The Morgan fingerprint density at radius 1 is 1.24 bits per heavy atom. The van der Waals surface area contributed by atoms with Crippen molar-refractivity contribution in [3.8, 4) is 0 Å². The van der Waals surface area contributed by atoms with Gasteiger partial charge in [0.05, 0.1) is 5.69 Å². The van der Waals surface area contributed by atoms with Gasteiger partial charge in [-0.2, -0.15) is 5.10 Å². The second-order valence-electron chi connectivity index (χ2n) is 6.28. The lowest BCUT2D eigenvalue weighted by Crippen LogP contribution is -2.44. The van der Waals surface area contributed by atoms with Gasteiger partial charge in [0, 0.05) is 6.42 Å². The molecule has 8 nitrogen and oxygen atoms in total. The molecule has 2 unspecified atom stereocenters. The van der Waals surface area contributed by atoms with Crippen LogP contribution in [0.5, 0.6) is 0 Å². The van der Waals surface area contributed by atoms with Crippen LogP contribution in [0.15, 0.2) is 35.4 Å². The van der Waals surface area contributed by atoms with Crippen LogP contribution in [0.1, 0.15) is 26.7 Å². The number of hydrazone groups is 1. The molecule has 3 N–H and O–H groups in total. The summed E-state index contributed by atoms with van der Waals surface area (Å²) in [5.74, 6) is -2.81. The summed E-state index contributed by atoms with van der Waals surface area (Å²) in [7, 11) is 0. The number of aliphatic carboxylic acids is 2. The van der Waals surface area contributed by atoms with E-state index in [9.17, 15) is 24.6 Å². The van der Waals surface area contributed by atoms with Crippen molar-refractivity contribution in [2.24, 2.45) is 11.0 Å². The highest BCUT2D eigenvalue weighted by molar-refractivity contribution is 6.40. The minimum atomic E-state index is -1.13. The lowest BCUT2D eigenvalue weighted by molar-refractivity contribution is -0.141. The predicted molar refractivity (Wildman–Crippen MR) is 91.4 cm³/mol. The molecular formula is C17H21N3O5. The van der Waals surface area contributed by atoms with Gasteiger partial charge in [0.25, 0.3) is 5.91 Å². The molecule has 25 heavy (non-hydrogen) atoms. The Bertz CT molecular complexity index is 687. The van der Waals surface area contributed by atoms with E-state index in [0.29, 0.717) is 5.69 Å². The second-order valence-corrected chi connectivity index (χ2v) is 6.28. The molecule has 134 valence electrons. The van der Waals surface area contributed by atoms with Crippen LogP contribution >= 0.6 is 0 Å². The third kappa shape index (κ3) is 4.56. The highest BCUT2D eigenvalue weighted by Crippen LogP contribution is 2.24. The fourth-order valence-electron chi connectivity index (χ4n) is 2.59. The molecule has 0 saturated carbocycles. The molecule has 1 aromatic carbocycles. The number of benzene rings is 1. The van der Waals surface area contributed by atoms with Crippen LogP contribution in [0.2, 0.25) is 0 Å². The Morgan fingerprint density at radius 3 is 2.40 bits per heavy atom. The molecule has 0 saturated heterocycles. The third-order valence-electron chi connectivity index (χ3n) is 3.79. The lowest BCUT2D eigenvalue weighted by atomic mass is 10.0. The largest absolute Gasteiger partial charge is 0.480 e. The van der Waals surface area contributed by atoms with Crippen molar-refractivity contribution in [1.82, 2.24) is 5.32 Å². The molecule has 0 spiro atoms. The first-order valence-corrected chi connectivity index (χ1v) is 7.97. The first-order valence-electron chi connectivity index (χ1n) is 7.97. The first kappa shape index (κ1) is 18.4. The smallest absolute Gasteiger partial charge is 0.328 e. The van der Waals surface area contributed by atoms with Crippen LogP contribution in [0, 0.1) is 5.92 Å². The van der Waals surface area contributed by atoms with Crippen molar-refractivity contribution in [1.29, 1.82) is 0 Å². The van der Waals surface area contributed by atoms with Crippen LogP contribution < -0.4 is 10.3 Å². The molecule has 1 aromatic rings. The average molecular weight is 347 g/mol. The summed E-state index contributed by atoms with van der Waals surface area (Å²) in [6.45, 7) is 3.71. The van der Waals surface area contributed by atoms with E-state index in [-0.39, 0.29) is 24.5 Å². The number of carbonyl (C=O) groups is 3. The monoisotopic (exact) mass is 347 g/mol. The minimum Gasteiger partial charge on any atom is -0.480 e. The fourth-order valence-corrected chi connectivity index (χ4v) is 2.59. The molecular weight excluding hydrogens is 326 g/mol. The number of para-hydroxylation sites is 1. The molecule has 1 amide bonds. The van der Waals surface area contributed by atoms with Crippen molar-refractivity contribution in [2.45, 2.75) is 38.8 Å². The predicted octanol–water partition coefficient (Wildman–Crippen LogP) is 1.32. The number of anilines is 1. The first-order chi connectivity index (χ1) is 11.8. The summed E-state index contributed by atoms with van der Waals surface area (Å²) >= 11 is 0. The van der Waals surface area contributed by atoms with Crippen molar-refractivity contribution in [3.05, 3.63) is 30.3 Å². The standard InChI is InChI=1S/C17H21N3O5/c1-10(2)8-13(16(22)23)18-15(21)12-9-14(17(24)25)20(19-12)11-6-4-3-5-7-11/h3-7,10,13-14H,8-9H2,1-2H3,(H,18,21)(H,22,23)(H,24,25). The maximum Gasteiger partial charge on any atom is 0.328 e. The topological polar surface area (TPSA) is 119 Å². The number of carboxylic acids is 2. The summed E-state index contributed by atoms with van der Waals surface area (Å²) in [4.78, 5) is 35.1.